The fourth-order valence-corrected chi connectivity index (χ4v) is 5.09. The van der Waals surface area contributed by atoms with Crippen molar-refractivity contribution in [3.8, 4) is 0 Å². The average molecular weight is 530 g/mol. The van der Waals surface area contributed by atoms with E-state index in [2.05, 4.69) is 38.0 Å². The minimum Gasteiger partial charge on any atom is -0.461 e. The Morgan fingerprint density at radius 2 is 1.47 bits per heavy atom. The number of ether oxygens (including phenoxy) is 1. The van der Waals surface area contributed by atoms with Gasteiger partial charge in [0, 0.05) is 18.1 Å². The number of fused-ring (bicyclic) bond motifs is 1. The molecule has 0 bridgehead atoms. The summed E-state index contributed by atoms with van der Waals surface area (Å²) in [7, 11) is 0. The summed E-state index contributed by atoms with van der Waals surface area (Å²) in [5, 5.41) is 4.01. The first-order valence-electron chi connectivity index (χ1n) is 15.4. The van der Waals surface area contributed by atoms with E-state index < -0.39 is 5.97 Å². The Bertz CT molecular complexity index is 962. The van der Waals surface area contributed by atoms with Crippen LogP contribution in [0.25, 0.3) is 11.0 Å². The Hall–Kier alpha value is -2.21. The third kappa shape index (κ3) is 10.9. The molecular formula is C32H55N3O3. The highest BCUT2D eigenvalue weighted by molar-refractivity contribution is 5.89. The van der Waals surface area contributed by atoms with Crippen LogP contribution in [0, 0.1) is 0 Å². The maximum atomic E-state index is 13.5. The number of hydrogen-bond donors (Lipinski definition) is 1. The van der Waals surface area contributed by atoms with Gasteiger partial charge in [0.1, 0.15) is 0 Å². The molecule has 0 amide bonds. The number of carbonyl (C=O) groups excluding carboxylic acids is 1. The summed E-state index contributed by atoms with van der Waals surface area (Å²) in [5.41, 5.74) is 0.913. The fraction of sp³-hybridized carbons (Fsp3) is 0.719. The second-order valence-corrected chi connectivity index (χ2v) is 10.1. The van der Waals surface area contributed by atoms with Crippen molar-refractivity contribution in [2.75, 3.05) is 6.61 Å². The molecule has 2 atom stereocenters. The Morgan fingerprint density at radius 3 is 2.05 bits per heavy atom. The minimum atomic E-state index is -0.651. The second kappa shape index (κ2) is 19.8. The Balaban J connectivity index is 0.00000352. The number of carbonyl (C=O) groups is 1. The number of nitrogens with zero attached hydrogens (tertiary/aromatic N) is 2. The Morgan fingerprint density at radius 1 is 0.895 bits per heavy atom. The number of benzene rings is 1. The van der Waals surface area contributed by atoms with Crippen LogP contribution in [0.1, 0.15) is 142 Å². The van der Waals surface area contributed by atoms with Gasteiger partial charge in [-0.25, -0.2) is 9.78 Å². The zero-order valence-electron chi connectivity index (χ0n) is 25.4. The van der Waals surface area contributed by atoms with E-state index >= 15 is 0 Å². The lowest BCUT2D eigenvalue weighted by Crippen LogP contribution is -2.41. The Kier molecular flexibility index (Phi) is 17.6. The lowest BCUT2D eigenvalue weighted by molar-refractivity contribution is 0.0516. The molecule has 2 rings (SSSR count). The van der Waals surface area contributed by atoms with E-state index in [9.17, 15) is 9.59 Å². The second-order valence-electron chi connectivity index (χ2n) is 10.1. The molecule has 0 spiro atoms. The third-order valence-electron chi connectivity index (χ3n) is 7.02. The largest absolute Gasteiger partial charge is 0.461 e. The Labute approximate surface area is 232 Å². The molecule has 0 saturated heterocycles. The normalized spacial score (nSPS) is 12.7. The van der Waals surface area contributed by atoms with E-state index in [0.717, 1.165) is 31.2 Å². The molecule has 0 fully saturated rings. The highest BCUT2D eigenvalue weighted by atomic mass is 16.5. The molecule has 2 unspecified atom stereocenters. The summed E-state index contributed by atoms with van der Waals surface area (Å²) in [6, 6.07) is 8.32. The predicted molar refractivity (Wildman–Crippen MR) is 161 cm³/mol. The lowest BCUT2D eigenvalue weighted by Gasteiger charge is -2.29. The van der Waals surface area contributed by atoms with E-state index in [1.165, 1.54) is 51.4 Å². The number of nitrogens with one attached hydrogen (secondary N) is 1. The SMILES string of the molecule is CC.CCCCCC(CCCCC)NC(CCCC)CC(C)n1c(=O)c(C(=O)OCC)nc2ccccc21. The van der Waals surface area contributed by atoms with E-state index in [1.54, 1.807) is 11.5 Å². The van der Waals surface area contributed by atoms with Crippen molar-refractivity contribution in [2.24, 2.45) is 0 Å². The molecule has 0 aliphatic carbocycles. The molecule has 1 aromatic heterocycles. The van der Waals surface area contributed by atoms with Crippen molar-refractivity contribution in [2.45, 2.75) is 144 Å². The van der Waals surface area contributed by atoms with E-state index in [1.807, 2.05) is 38.1 Å². The predicted octanol–water partition coefficient (Wildman–Crippen LogP) is 8.23. The van der Waals surface area contributed by atoms with Gasteiger partial charge >= 0.3 is 5.97 Å². The van der Waals surface area contributed by atoms with Crippen molar-refractivity contribution >= 4 is 17.0 Å². The summed E-state index contributed by atoms with van der Waals surface area (Å²) in [4.78, 5) is 30.4. The first-order valence-corrected chi connectivity index (χ1v) is 15.4. The van der Waals surface area contributed by atoms with Crippen molar-refractivity contribution in [1.82, 2.24) is 14.9 Å². The van der Waals surface area contributed by atoms with Crippen LogP contribution < -0.4 is 10.9 Å². The number of hydrogen-bond acceptors (Lipinski definition) is 5. The molecule has 0 saturated carbocycles. The number of aromatic nitrogens is 2. The van der Waals surface area contributed by atoms with Crippen LogP contribution in [-0.2, 0) is 4.74 Å². The van der Waals surface area contributed by atoms with Crippen LogP contribution in [-0.4, -0.2) is 34.2 Å². The van der Waals surface area contributed by atoms with Crippen LogP contribution in [0.2, 0.25) is 0 Å². The van der Waals surface area contributed by atoms with Crippen LogP contribution in [0.5, 0.6) is 0 Å². The summed E-state index contributed by atoms with van der Waals surface area (Å²) < 4.78 is 6.91. The lowest BCUT2D eigenvalue weighted by atomic mass is 9.97. The molecule has 2 aromatic rings. The van der Waals surface area contributed by atoms with Gasteiger partial charge in [-0.1, -0.05) is 98.1 Å². The van der Waals surface area contributed by atoms with Crippen LogP contribution in [0.15, 0.2) is 29.1 Å². The monoisotopic (exact) mass is 529 g/mol. The van der Waals surface area contributed by atoms with Crippen molar-refractivity contribution in [3.05, 3.63) is 40.3 Å². The number of unbranched alkanes of at least 4 members (excludes halogenated alkanes) is 5. The van der Waals surface area contributed by atoms with Gasteiger partial charge in [-0.05, 0) is 51.7 Å². The van der Waals surface area contributed by atoms with E-state index in [4.69, 9.17) is 4.74 Å². The van der Waals surface area contributed by atoms with E-state index in [0.29, 0.717) is 17.6 Å². The highest BCUT2D eigenvalue weighted by Gasteiger charge is 2.24. The minimum absolute atomic E-state index is 0.0835. The quantitative estimate of drug-likeness (QED) is 0.155. The molecule has 38 heavy (non-hydrogen) atoms. The first-order chi connectivity index (χ1) is 18.5. The molecule has 216 valence electrons. The molecule has 6 heteroatoms. The molecule has 0 aliphatic rings. The maximum Gasteiger partial charge on any atom is 0.362 e. The topological polar surface area (TPSA) is 73.2 Å². The molecule has 1 N–H and O–H groups in total. The van der Waals surface area contributed by atoms with Gasteiger partial charge in [0.25, 0.3) is 5.56 Å². The summed E-state index contributed by atoms with van der Waals surface area (Å²) >= 11 is 0. The van der Waals surface area contributed by atoms with Gasteiger partial charge in [-0.15, -0.1) is 0 Å². The van der Waals surface area contributed by atoms with Crippen molar-refractivity contribution in [3.63, 3.8) is 0 Å². The number of esters is 1. The third-order valence-corrected chi connectivity index (χ3v) is 7.02. The zero-order chi connectivity index (χ0) is 28.3. The average Bonchev–Trinajstić information content (AvgIpc) is 2.92. The van der Waals surface area contributed by atoms with Gasteiger partial charge in [0.2, 0.25) is 5.69 Å². The van der Waals surface area contributed by atoms with Crippen LogP contribution >= 0.6 is 0 Å². The highest BCUT2D eigenvalue weighted by Crippen LogP contribution is 2.22. The molecule has 6 nitrogen and oxygen atoms in total. The van der Waals surface area contributed by atoms with Gasteiger partial charge in [0.05, 0.1) is 17.6 Å². The van der Waals surface area contributed by atoms with Gasteiger partial charge < -0.3 is 14.6 Å². The van der Waals surface area contributed by atoms with E-state index in [-0.39, 0.29) is 23.9 Å². The van der Waals surface area contributed by atoms with Crippen LogP contribution in [0.3, 0.4) is 0 Å². The smallest absolute Gasteiger partial charge is 0.362 e. The summed E-state index contributed by atoms with van der Waals surface area (Å²) in [6.07, 6.45) is 14.2. The first kappa shape index (κ1) is 33.8. The molecule has 0 radical (unpaired) electrons. The molecular weight excluding hydrogens is 474 g/mol. The fourth-order valence-electron chi connectivity index (χ4n) is 5.09. The van der Waals surface area contributed by atoms with Crippen molar-refractivity contribution in [1.29, 1.82) is 0 Å². The summed E-state index contributed by atoms with van der Waals surface area (Å²) in [5.74, 6) is -0.651. The standard InChI is InChI=1S/C30H49N3O3.C2H6/c1-6-10-13-18-24(19-14-11-7-2)31-25(17-12-8-3)22-23(5)33-27-21-16-15-20-26(27)32-28(29(33)34)30(35)36-9-4;1-2/h15-16,20-21,23-25,31H,6-14,17-19,22H2,1-5H3;1-2H3. The number of rotatable bonds is 18. The zero-order valence-corrected chi connectivity index (χ0v) is 25.4. The van der Waals surface area contributed by atoms with Crippen LogP contribution in [0.4, 0.5) is 0 Å². The van der Waals surface area contributed by atoms with Gasteiger partial charge in [-0.2, -0.15) is 0 Å². The van der Waals surface area contributed by atoms with Gasteiger partial charge in [0.15, 0.2) is 0 Å². The number of para-hydroxylation sites is 2. The molecule has 1 aromatic carbocycles. The molecule has 0 aliphatic heterocycles. The maximum absolute atomic E-state index is 13.5. The van der Waals surface area contributed by atoms with Crippen molar-refractivity contribution < 1.29 is 9.53 Å². The molecule has 1 heterocycles. The summed E-state index contributed by atoms with van der Waals surface area (Å²) in [6.45, 7) is 14.8. The van der Waals surface area contributed by atoms with Gasteiger partial charge in [-0.3, -0.25) is 4.79 Å².